The first-order valence-electron chi connectivity index (χ1n) is 9.12. The molecule has 0 bridgehead atoms. The lowest BCUT2D eigenvalue weighted by atomic mass is 9.98. The van der Waals surface area contributed by atoms with Crippen LogP contribution in [0.1, 0.15) is 5.01 Å². The Morgan fingerprint density at radius 2 is 1.81 bits per heavy atom. The van der Waals surface area contributed by atoms with Crippen molar-refractivity contribution in [2.45, 2.75) is 16.3 Å². The molecule has 2 heterocycles. The number of fused-ring (bicyclic) bond motifs is 1. The Morgan fingerprint density at radius 1 is 1.03 bits per heavy atom. The molecule has 0 amide bonds. The number of tetrazole rings is 1. The third-order valence-electron chi connectivity index (χ3n) is 4.62. The number of para-hydroxylation sites is 1. The van der Waals surface area contributed by atoms with Crippen LogP contribution in [0.3, 0.4) is 0 Å². The number of H-pyrrole nitrogens is 1. The highest BCUT2D eigenvalue weighted by Crippen LogP contribution is 2.41. The number of primary sulfonamides is 1. The van der Waals surface area contributed by atoms with Crippen molar-refractivity contribution >= 4 is 41.4 Å². The van der Waals surface area contributed by atoms with Gasteiger partial charge in [0.2, 0.25) is 15.8 Å². The summed E-state index contributed by atoms with van der Waals surface area (Å²) in [5.41, 5.74) is 12.5. The third-order valence-corrected chi connectivity index (χ3v) is 8.57. The first kappa shape index (κ1) is 22.4. The number of nitrogens with two attached hydrogens (primary N) is 3. The molecular formula is C17H18N8O4S3. The summed E-state index contributed by atoms with van der Waals surface area (Å²) in [5, 5.41) is 19.7. The van der Waals surface area contributed by atoms with Crippen LogP contribution in [-0.4, -0.2) is 54.7 Å². The number of aromatic nitrogens is 5. The zero-order valence-electron chi connectivity index (χ0n) is 16.4. The molecule has 0 saturated carbocycles. The van der Waals surface area contributed by atoms with E-state index < -0.39 is 35.4 Å². The van der Waals surface area contributed by atoms with Crippen molar-refractivity contribution in [3.05, 3.63) is 35.3 Å². The molecule has 12 nitrogen and oxygen atoms in total. The van der Waals surface area contributed by atoms with E-state index in [0.29, 0.717) is 21.7 Å². The second-order valence-corrected chi connectivity index (χ2v) is 11.4. The second-order valence-electron chi connectivity index (χ2n) is 6.67. The Kier molecular flexibility index (Phi) is 5.78. The molecule has 4 aromatic rings. The minimum atomic E-state index is -4.55. The second kappa shape index (κ2) is 8.27. The molecule has 2 aromatic carbocycles. The lowest BCUT2D eigenvalue weighted by molar-refractivity contribution is 0.583. The third kappa shape index (κ3) is 3.89. The Labute approximate surface area is 186 Å². The van der Waals surface area contributed by atoms with E-state index in [1.807, 2.05) is 6.07 Å². The van der Waals surface area contributed by atoms with E-state index in [2.05, 4.69) is 25.6 Å². The van der Waals surface area contributed by atoms with Gasteiger partial charge < -0.3 is 11.5 Å². The molecule has 0 atom stereocenters. The van der Waals surface area contributed by atoms with E-state index >= 15 is 0 Å². The smallest absolute Gasteiger partial charge is 0.240 e. The van der Waals surface area contributed by atoms with Crippen molar-refractivity contribution in [1.29, 1.82) is 0 Å². The van der Waals surface area contributed by atoms with Crippen LogP contribution in [-0.2, 0) is 26.4 Å². The number of hydrogen-bond acceptors (Lipinski definition) is 11. The Hall–Kier alpha value is -2.82. The molecule has 0 unspecified atom stereocenters. The van der Waals surface area contributed by atoms with E-state index in [0.717, 1.165) is 4.70 Å². The van der Waals surface area contributed by atoms with Crippen molar-refractivity contribution in [2.24, 2.45) is 16.6 Å². The molecule has 15 heteroatoms. The topological polar surface area (TPSA) is 214 Å². The molecular weight excluding hydrogens is 476 g/mol. The minimum Gasteiger partial charge on any atom is -0.329 e. The molecule has 0 aliphatic heterocycles. The zero-order valence-corrected chi connectivity index (χ0v) is 18.8. The van der Waals surface area contributed by atoms with E-state index in [4.69, 9.17) is 16.6 Å². The number of nitrogens with zero attached hydrogens (tertiary/aromatic N) is 4. The molecule has 0 radical (unpaired) electrons. The van der Waals surface area contributed by atoms with Crippen molar-refractivity contribution < 1.29 is 16.8 Å². The summed E-state index contributed by atoms with van der Waals surface area (Å²) in [6.45, 7) is 0.0286. The first-order chi connectivity index (χ1) is 15.2. The molecule has 0 aliphatic rings. The molecule has 0 aliphatic carbocycles. The predicted octanol–water partition coefficient (Wildman–Crippen LogP) is -0.0181. The average molecular weight is 495 g/mol. The number of sulfonamides is 1. The number of benzene rings is 2. The maximum atomic E-state index is 12.8. The largest absolute Gasteiger partial charge is 0.329 e. The Balaban J connectivity index is 2.16. The van der Waals surface area contributed by atoms with Gasteiger partial charge in [0, 0.05) is 18.7 Å². The molecule has 4 rings (SSSR count). The van der Waals surface area contributed by atoms with Crippen LogP contribution in [0.25, 0.3) is 32.7 Å². The van der Waals surface area contributed by atoms with Crippen LogP contribution < -0.4 is 16.6 Å². The van der Waals surface area contributed by atoms with Gasteiger partial charge >= 0.3 is 0 Å². The van der Waals surface area contributed by atoms with E-state index in [1.54, 1.807) is 12.1 Å². The van der Waals surface area contributed by atoms with Crippen molar-refractivity contribution in [2.75, 3.05) is 12.3 Å². The zero-order chi connectivity index (χ0) is 23.1. The Bertz CT molecular complexity index is 1510. The fourth-order valence-electron chi connectivity index (χ4n) is 3.37. The van der Waals surface area contributed by atoms with Crippen molar-refractivity contribution in [3.8, 4) is 22.5 Å². The number of rotatable bonds is 7. The minimum absolute atomic E-state index is 0.103. The van der Waals surface area contributed by atoms with Crippen LogP contribution in [0.4, 0.5) is 0 Å². The summed E-state index contributed by atoms with van der Waals surface area (Å²) in [7, 11) is -8.63. The van der Waals surface area contributed by atoms with Gasteiger partial charge in [-0.05, 0) is 22.9 Å². The highest BCUT2D eigenvalue weighted by molar-refractivity contribution is 7.93. The summed E-state index contributed by atoms with van der Waals surface area (Å²) < 4.78 is 51.9. The summed E-state index contributed by atoms with van der Waals surface area (Å²) in [5.74, 6) is -0.609. The molecule has 0 saturated heterocycles. The Morgan fingerprint density at radius 3 is 2.44 bits per heavy atom. The summed E-state index contributed by atoms with van der Waals surface area (Å²) in [6.07, 6.45) is 0. The van der Waals surface area contributed by atoms with Crippen LogP contribution in [0.15, 0.2) is 40.1 Å². The van der Waals surface area contributed by atoms with Gasteiger partial charge in [0.05, 0.1) is 26.4 Å². The average Bonchev–Trinajstić information content (AvgIpc) is 3.41. The monoisotopic (exact) mass is 494 g/mol. The van der Waals surface area contributed by atoms with E-state index in [9.17, 15) is 16.8 Å². The normalized spacial score (nSPS) is 12.5. The SMILES string of the molecule is NCCS(=O)(=O)c1ccc(-c2cccc3sc(CN)nc23)c(-c2nn[nH]n2)c1S(N)(=O)=O. The molecule has 2 aromatic heterocycles. The fraction of sp³-hybridized carbons (Fsp3) is 0.176. The lowest BCUT2D eigenvalue weighted by Crippen LogP contribution is -2.22. The highest BCUT2D eigenvalue weighted by atomic mass is 32.2. The van der Waals surface area contributed by atoms with Gasteiger partial charge in [-0.3, -0.25) is 0 Å². The lowest BCUT2D eigenvalue weighted by Gasteiger charge is -2.16. The van der Waals surface area contributed by atoms with Gasteiger partial charge in [0.15, 0.2) is 9.84 Å². The summed E-state index contributed by atoms with van der Waals surface area (Å²) in [4.78, 5) is 3.42. The molecule has 7 N–H and O–H groups in total. The van der Waals surface area contributed by atoms with E-state index in [1.165, 1.54) is 23.5 Å². The van der Waals surface area contributed by atoms with Gasteiger partial charge in [0.1, 0.15) is 9.90 Å². The maximum absolute atomic E-state index is 12.8. The van der Waals surface area contributed by atoms with Crippen LogP contribution >= 0.6 is 11.3 Å². The number of aromatic amines is 1. The maximum Gasteiger partial charge on any atom is 0.240 e. The highest BCUT2D eigenvalue weighted by Gasteiger charge is 2.32. The van der Waals surface area contributed by atoms with Crippen LogP contribution in [0, 0.1) is 0 Å². The number of nitrogens with one attached hydrogen (secondary N) is 1. The van der Waals surface area contributed by atoms with Crippen molar-refractivity contribution in [1.82, 2.24) is 25.6 Å². The molecule has 0 fully saturated rings. The number of sulfone groups is 1. The van der Waals surface area contributed by atoms with Gasteiger partial charge in [-0.15, -0.1) is 21.5 Å². The summed E-state index contributed by atoms with van der Waals surface area (Å²) in [6, 6.07) is 8.01. The van der Waals surface area contributed by atoms with Gasteiger partial charge in [-0.25, -0.2) is 27.0 Å². The van der Waals surface area contributed by atoms with Crippen molar-refractivity contribution in [3.63, 3.8) is 0 Å². The van der Waals surface area contributed by atoms with E-state index in [-0.39, 0.29) is 24.5 Å². The molecule has 168 valence electrons. The van der Waals surface area contributed by atoms with Gasteiger partial charge in [-0.2, -0.15) is 5.21 Å². The molecule has 32 heavy (non-hydrogen) atoms. The number of thiazole rings is 1. The fourth-order valence-corrected chi connectivity index (χ4v) is 7.00. The standard InChI is InChI=1S/C17H18N8O4S3/c18-6-7-31(26,27)12-5-4-9(10-2-1-3-11-15(10)21-13(8-19)30-11)14(16(12)32(20,28)29)17-22-24-25-23-17/h1-5H,6-8,18-19H2,(H2,20,28,29)(H,22,23,24,25). The van der Waals surface area contributed by atoms with Crippen LogP contribution in [0.5, 0.6) is 0 Å². The molecule has 0 spiro atoms. The predicted molar refractivity (Wildman–Crippen MR) is 119 cm³/mol. The van der Waals surface area contributed by atoms with Gasteiger partial charge in [0.25, 0.3) is 0 Å². The first-order valence-corrected chi connectivity index (χ1v) is 13.1. The number of hydrogen-bond donors (Lipinski definition) is 4. The quantitative estimate of drug-likeness (QED) is 0.269. The summed E-state index contributed by atoms with van der Waals surface area (Å²) >= 11 is 1.39. The van der Waals surface area contributed by atoms with Crippen LogP contribution in [0.2, 0.25) is 0 Å². The van der Waals surface area contributed by atoms with Gasteiger partial charge in [-0.1, -0.05) is 18.2 Å².